The van der Waals surface area contributed by atoms with Crippen LogP contribution < -0.4 is 5.56 Å². The Balaban J connectivity index is 1.49. The van der Waals surface area contributed by atoms with Crippen LogP contribution in [0.3, 0.4) is 0 Å². The van der Waals surface area contributed by atoms with Crippen LogP contribution in [0.1, 0.15) is 32.9 Å². The standard InChI is InChI=1S/C32H26N4O4/c1-19-16-23(21(3)35(19)27-14-9-12-24(20(27)2)32(38)39-4)18-33-36-30(29-17-22-10-5-8-15-28(22)40-29)34-26-13-7-6-11-25(26)31(36)37/h5-18H,1-4H3. The number of para-hydroxylation sites is 2. The minimum atomic E-state index is -0.384. The summed E-state index contributed by atoms with van der Waals surface area (Å²) in [6.07, 6.45) is 1.66. The molecule has 0 saturated carbocycles. The Morgan fingerprint density at radius 3 is 2.55 bits per heavy atom. The van der Waals surface area contributed by atoms with Crippen molar-refractivity contribution in [2.45, 2.75) is 20.8 Å². The number of nitrogens with zero attached hydrogens (tertiary/aromatic N) is 4. The molecule has 0 aliphatic heterocycles. The van der Waals surface area contributed by atoms with Crippen molar-refractivity contribution in [2.75, 3.05) is 7.11 Å². The molecule has 0 atom stereocenters. The highest BCUT2D eigenvalue weighted by molar-refractivity contribution is 5.92. The van der Waals surface area contributed by atoms with Crippen LogP contribution in [0.25, 0.3) is 39.1 Å². The maximum Gasteiger partial charge on any atom is 0.338 e. The minimum absolute atomic E-state index is 0.298. The van der Waals surface area contributed by atoms with Gasteiger partial charge in [0, 0.05) is 28.0 Å². The molecule has 0 bridgehead atoms. The van der Waals surface area contributed by atoms with Crippen LogP contribution in [0, 0.1) is 20.8 Å². The van der Waals surface area contributed by atoms with E-state index in [2.05, 4.69) is 9.67 Å². The van der Waals surface area contributed by atoms with Crippen LogP contribution in [0.15, 0.2) is 93.2 Å². The van der Waals surface area contributed by atoms with Crippen LogP contribution in [0.4, 0.5) is 0 Å². The number of hydrogen-bond acceptors (Lipinski definition) is 6. The number of aromatic nitrogens is 3. The second-order valence-electron chi connectivity index (χ2n) is 9.57. The zero-order chi connectivity index (χ0) is 28.0. The SMILES string of the molecule is COC(=O)c1cccc(-n2c(C)cc(C=Nn3c(-c4cc5ccccc5o4)nc4ccccc4c3=O)c2C)c1C. The summed E-state index contributed by atoms with van der Waals surface area (Å²) in [5.41, 5.74) is 5.81. The van der Waals surface area contributed by atoms with Crippen LogP contribution in [0.2, 0.25) is 0 Å². The molecule has 0 saturated heterocycles. The molecule has 0 N–H and O–H groups in total. The molecule has 6 aromatic rings. The lowest BCUT2D eigenvalue weighted by Crippen LogP contribution is -2.20. The van der Waals surface area contributed by atoms with Crippen molar-refractivity contribution in [3.05, 3.63) is 117 Å². The third kappa shape index (κ3) is 4.10. The summed E-state index contributed by atoms with van der Waals surface area (Å²) in [6, 6.07) is 24.2. The van der Waals surface area contributed by atoms with Gasteiger partial charge < -0.3 is 13.7 Å². The van der Waals surface area contributed by atoms with Crippen LogP contribution in [0.5, 0.6) is 0 Å². The molecule has 6 rings (SSSR count). The van der Waals surface area contributed by atoms with E-state index in [0.29, 0.717) is 33.6 Å². The van der Waals surface area contributed by atoms with Gasteiger partial charge >= 0.3 is 5.97 Å². The van der Waals surface area contributed by atoms with Crippen molar-refractivity contribution in [2.24, 2.45) is 5.10 Å². The number of ether oxygens (including phenoxy) is 1. The van der Waals surface area contributed by atoms with Crippen LogP contribution in [-0.2, 0) is 4.74 Å². The van der Waals surface area contributed by atoms with E-state index in [9.17, 15) is 9.59 Å². The fourth-order valence-corrected chi connectivity index (χ4v) is 5.09. The number of hydrogen-bond donors (Lipinski definition) is 0. The lowest BCUT2D eigenvalue weighted by Gasteiger charge is -2.15. The normalized spacial score (nSPS) is 11.6. The van der Waals surface area contributed by atoms with Gasteiger partial charge in [0.25, 0.3) is 5.56 Å². The molecule has 0 amide bonds. The first-order valence-electron chi connectivity index (χ1n) is 12.8. The number of esters is 1. The third-order valence-electron chi connectivity index (χ3n) is 7.13. The number of methoxy groups -OCH3 is 1. The average molecular weight is 531 g/mol. The molecule has 0 fully saturated rings. The lowest BCUT2D eigenvalue weighted by atomic mass is 10.1. The number of furan rings is 1. The van der Waals surface area contributed by atoms with Gasteiger partial charge in [-0.1, -0.05) is 36.4 Å². The smallest absolute Gasteiger partial charge is 0.338 e. The first-order valence-corrected chi connectivity index (χ1v) is 12.8. The van der Waals surface area contributed by atoms with E-state index in [4.69, 9.17) is 14.1 Å². The Bertz CT molecular complexity index is 1990. The summed E-state index contributed by atoms with van der Waals surface area (Å²) in [5, 5.41) is 6.00. The molecular weight excluding hydrogens is 504 g/mol. The second-order valence-corrected chi connectivity index (χ2v) is 9.57. The van der Waals surface area contributed by atoms with Gasteiger partial charge in [-0.3, -0.25) is 4.79 Å². The Morgan fingerprint density at radius 2 is 1.75 bits per heavy atom. The maximum absolute atomic E-state index is 13.6. The molecule has 0 radical (unpaired) electrons. The molecule has 0 aliphatic rings. The maximum atomic E-state index is 13.6. The summed E-state index contributed by atoms with van der Waals surface area (Å²) < 4.78 is 14.4. The molecule has 3 aromatic heterocycles. The largest absolute Gasteiger partial charge is 0.465 e. The number of carbonyl (C=O) groups excluding carboxylic acids is 1. The van der Waals surface area contributed by atoms with Gasteiger partial charge in [-0.05, 0) is 68.8 Å². The number of carbonyl (C=O) groups is 1. The zero-order valence-electron chi connectivity index (χ0n) is 22.5. The predicted octanol–water partition coefficient (Wildman–Crippen LogP) is 6.19. The molecule has 0 unspecified atom stereocenters. The van der Waals surface area contributed by atoms with E-state index in [1.807, 2.05) is 75.4 Å². The molecule has 0 aliphatic carbocycles. The first kappa shape index (κ1) is 25.1. The molecule has 40 heavy (non-hydrogen) atoms. The Kier molecular flexibility index (Phi) is 6.15. The summed E-state index contributed by atoms with van der Waals surface area (Å²) in [5.74, 6) is 0.374. The van der Waals surface area contributed by atoms with Crippen molar-refractivity contribution >= 4 is 34.1 Å². The van der Waals surface area contributed by atoms with Gasteiger partial charge in [-0.25, -0.2) is 9.78 Å². The topological polar surface area (TPSA) is 91.6 Å². The van der Waals surface area contributed by atoms with Crippen molar-refractivity contribution in [1.29, 1.82) is 0 Å². The van der Waals surface area contributed by atoms with E-state index < -0.39 is 0 Å². The summed E-state index contributed by atoms with van der Waals surface area (Å²) in [6.45, 7) is 5.85. The van der Waals surface area contributed by atoms with Crippen LogP contribution in [-0.4, -0.2) is 33.5 Å². The Morgan fingerprint density at radius 1 is 0.975 bits per heavy atom. The summed E-state index contributed by atoms with van der Waals surface area (Å²) in [7, 11) is 1.37. The highest BCUT2D eigenvalue weighted by Crippen LogP contribution is 2.28. The molecule has 0 spiro atoms. The highest BCUT2D eigenvalue weighted by atomic mass is 16.5. The van der Waals surface area contributed by atoms with Crippen molar-refractivity contribution in [3.8, 4) is 17.3 Å². The van der Waals surface area contributed by atoms with Crippen molar-refractivity contribution in [1.82, 2.24) is 14.2 Å². The van der Waals surface area contributed by atoms with Gasteiger partial charge in [-0.2, -0.15) is 9.78 Å². The van der Waals surface area contributed by atoms with E-state index in [1.54, 1.807) is 30.5 Å². The quantitative estimate of drug-likeness (QED) is 0.196. The highest BCUT2D eigenvalue weighted by Gasteiger charge is 2.18. The zero-order valence-corrected chi connectivity index (χ0v) is 22.5. The van der Waals surface area contributed by atoms with E-state index in [-0.39, 0.29) is 11.5 Å². The number of aryl methyl sites for hydroxylation is 1. The van der Waals surface area contributed by atoms with Gasteiger partial charge in [0.2, 0.25) is 5.82 Å². The summed E-state index contributed by atoms with van der Waals surface area (Å²) in [4.78, 5) is 30.7. The van der Waals surface area contributed by atoms with E-state index in [0.717, 1.165) is 33.6 Å². The van der Waals surface area contributed by atoms with Crippen LogP contribution >= 0.6 is 0 Å². The fraction of sp³-hybridized carbons (Fsp3) is 0.125. The number of rotatable bonds is 5. The van der Waals surface area contributed by atoms with Gasteiger partial charge in [0.15, 0.2) is 5.76 Å². The average Bonchev–Trinajstić information content (AvgIpc) is 3.52. The van der Waals surface area contributed by atoms with E-state index >= 15 is 0 Å². The number of benzene rings is 3. The molecule has 8 heteroatoms. The van der Waals surface area contributed by atoms with Gasteiger partial charge in [0.05, 0.1) is 29.8 Å². The lowest BCUT2D eigenvalue weighted by molar-refractivity contribution is 0.0600. The minimum Gasteiger partial charge on any atom is -0.465 e. The van der Waals surface area contributed by atoms with E-state index in [1.165, 1.54) is 11.8 Å². The predicted molar refractivity (Wildman–Crippen MR) is 156 cm³/mol. The molecule has 8 nitrogen and oxygen atoms in total. The molecule has 198 valence electrons. The molecule has 3 aromatic carbocycles. The number of fused-ring (bicyclic) bond motifs is 2. The monoisotopic (exact) mass is 530 g/mol. The van der Waals surface area contributed by atoms with Gasteiger partial charge in [0.1, 0.15) is 5.58 Å². The summed E-state index contributed by atoms with van der Waals surface area (Å²) >= 11 is 0. The fourth-order valence-electron chi connectivity index (χ4n) is 5.09. The van der Waals surface area contributed by atoms with Crippen molar-refractivity contribution < 1.29 is 13.9 Å². The van der Waals surface area contributed by atoms with Crippen molar-refractivity contribution in [3.63, 3.8) is 0 Å². The molecular formula is C32H26N4O4. The Labute approximate surface area is 229 Å². The third-order valence-corrected chi connectivity index (χ3v) is 7.13. The van der Waals surface area contributed by atoms with Gasteiger partial charge in [-0.15, -0.1) is 0 Å². The Hall–Kier alpha value is -5.24. The molecule has 3 heterocycles. The first-order chi connectivity index (χ1) is 19.4. The second kappa shape index (κ2) is 9.81.